The molecule has 6 nitrogen and oxygen atoms in total. The fourth-order valence-corrected chi connectivity index (χ4v) is 2.15. The molecule has 0 aliphatic carbocycles. The number of ketones is 1. The Balaban J connectivity index is 2.20. The van der Waals surface area contributed by atoms with Crippen LogP contribution in [0, 0.1) is 0 Å². The highest BCUT2D eigenvalue weighted by Gasteiger charge is 2.41. The highest BCUT2D eigenvalue weighted by Crippen LogP contribution is 2.33. The number of benzene rings is 1. The van der Waals surface area contributed by atoms with E-state index in [-0.39, 0.29) is 10.6 Å². The van der Waals surface area contributed by atoms with E-state index < -0.39 is 41.6 Å². The van der Waals surface area contributed by atoms with Crippen LogP contribution >= 0.6 is 11.6 Å². The number of nitrogens with zero attached hydrogens (tertiary/aromatic N) is 2. The maximum absolute atomic E-state index is 12.9. The molecule has 1 heterocycles. The van der Waals surface area contributed by atoms with Crippen molar-refractivity contribution in [3.05, 3.63) is 46.1 Å². The van der Waals surface area contributed by atoms with Crippen molar-refractivity contribution in [3.8, 4) is 0 Å². The smallest absolute Gasteiger partial charge is 0.436 e. The second kappa shape index (κ2) is 6.52. The summed E-state index contributed by atoms with van der Waals surface area (Å²) in [6.07, 6.45) is -4.89. The molecule has 0 radical (unpaired) electrons. The lowest BCUT2D eigenvalue weighted by Gasteiger charge is -2.08. The number of alkyl halides is 3. The number of anilines is 1. The molecule has 0 aliphatic rings. The van der Waals surface area contributed by atoms with Gasteiger partial charge >= 0.3 is 12.1 Å². The third-order valence-electron chi connectivity index (χ3n) is 3.07. The van der Waals surface area contributed by atoms with E-state index in [4.69, 9.17) is 17.3 Å². The normalized spacial score (nSPS) is 11.4. The fourth-order valence-electron chi connectivity index (χ4n) is 1.91. The first-order valence-electron chi connectivity index (χ1n) is 6.47. The Morgan fingerprint density at radius 2 is 1.96 bits per heavy atom. The molecule has 2 aromatic rings. The third kappa shape index (κ3) is 3.51. The van der Waals surface area contributed by atoms with Gasteiger partial charge < -0.3 is 10.5 Å². The largest absolute Gasteiger partial charge is 0.454 e. The number of carbonyl (C=O) groups is 2. The van der Waals surface area contributed by atoms with Crippen molar-refractivity contribution >= 4 is 29.2 Å². The molecule has 128 valence electrons. The van der Waals surface area contributed by atoms with Gasteiger partial charge in [0.25, 0.3) is 0 Å². The van der Waals surface area contributed by atoms with Crippen molar-refractivity contribution in [2.24, 2.45) is 7.05 Å². The average Bonchev–Trinajstić information content (AvgIpc) is 2.81. The second-order valence-corrected chi connectivity index (χ2v) is 5.12. The number of esters is 1. The van der Waals surface area contributed by atoms with E-state index in [2.05, 4.69) is 9.84 Å². The van der Waals surface area contributed by atoms with Gasteiger partial charge in [-0.3, -0.25) is 9.48 Å². The first-order chi connectivity index (χ1) is 11.1. The van der Waals surface area contributed by atoms with Crippen LogP contribution in [0.4, 0.5) is 19.0 Å². The summed E-state index contributed by atoms with van der Waals surface area (Å²) >= 11 is 5.82. The summed E-state index contributed by atoms with van der Waals surface area (Å²) in [7, 11) is 1.15. The number of hydrogen-bond acceptors (Lipinski definition) is 5. The first kappa shape index (κ1) is 17.8. The molecule has 1 aromatic carbocycles. The number of hydrogen-bond donors (Lipinski definition) is 1. The van der Waals surface area contributed by atoms with Gasteiger partial charge in [0.15, 0.2) is 12.3 Å². The lowest BCUT2D eigenvalue weighted by atomic mass is 10.1. The molecule has 0 atom stereocenters. The monoisotopic (exact) mass is 361 g/mol. The predicted octanol–water partition coefficient (Wildman–Crippen LogP) is 2.71. The summed E-state index contributed by atoms with van der Waals surface area (Å²) in [5, 5.41) is 3.30. The van der Waals surface area contributed by atoms with Gasteiger partial charge in [-0.25, -0.2) is 4.79 Å². The van der Waals surface area contributed by atoms with Crippen LogP contribution in [-0.2, 0) is 18.0 Å². The van der Waals surface area contributed by atoms with Crippen LogP contribution in [0.5, 0.6) is 0 Å². The number of halogens is 4. The molecule has 0 spiro atoms. The van der Waals surface area contributed by atoms with Crippen molar-refractivity contribution in [2.45, 2.75) is 6.18 Å². The molecule has 10 heteroatoms. The van der Waals surface area contributed by atoms with E-state index in [9.17, 15) is 22.8 Å². The fraction of sp³-hybridized carbons (Fsp3) is 0.214. The molecule has 0 fully saturated rings. The summed E-state index contributed by atoms with van der Waals surface area (Å²) < 4.78 is 44.0. The van der Waals surface area contributed by atoms with Gasteiger partial charge in [0, 0.05) is 12.6 Å². The lowest BCUT2D eigenvalue weighted by molar-refractivity contribution is -0.142. The van der Waals surface area contributed by atoms with Crippen LogP contribution in [0.3, 0.4) is 0 Å². The van der Waals surface area contributed by atoms with Crippen LogP contribution < -0.4 is 5.73 Å². The number of aryl methyl sites for hydroxylation is 1. The summed E-state index contributed by atoms with van der Waals surface area (Å²) in [6, 6.07) is 5.99. The maximum Gasteiger partial charge on any atom is 0.436 e. The van der Waals surface area contributed by atoms with Crippen molar-refractivity contribution in [2.75, 3.05) is 12.3 Å². The van der Waals surface area contributed by atoms with Crippen LogP contribution in [0.1, 0.15) is 26.4 Å². The number of carbonyl (C=O) groups excluding carboxylic acids is 2. The Morgan fingerprint density at radius 3 is 2.54 bits per heavy atom. The van der Waals surface area contributed by atoms with E-state index in [1.807, 2.05) is 0 Å². The standard InChI is InChI=1S/C14H11ClF3N3O3/c1-21-12(19)10(11(20-21)14(16,17)18)13(23)24-6-9(22)7-4-2-3-5-8(7)15/h2-5H,6,19H2,1H3. The number of rotatable bonds is 4. The van der Waals surface area contributed by atoms with Gasteiger partial charge in [-0.15, -0.1) is 0 Å². The van der Waals surface area contributed by atoms with Crippen LogP contribution in [0.25, 0.3) is 0 Å². The number of ether oxygens (including phenoxy) is 1. The van der Waals surface area contributed by atoms with E-state index in [0.29, 0.717) is 4.68 Å². The zero-order valence-electron chi connectivity index (χ0n) is 12.2. The molecule has 2 N–H and O–H groups in total. The topological polar surface area (TPSA) is 87.2 Å². The minimum absolute atomic E-state index is 0.0853. The Bertz CT molecular complexity index is 802. The van der Waals surface area contributed by atoms with Gasteiger partial charge in [-0.05, 0) is 12.1 Å². The van der Waals surface area contributed by atoms with E-state index in [1.165, 1.54) is 12.1 Å². The molecule has 0 amide bonds. The molecule has 1 aromatic heterocycles. The Hall–Kier alpha value is -2.55. The summed E-state index contributed by atoms with van der Waals surface area (Å²) in [6.45, 7) is -0.784. The number of Topliss-reactive ketones (excluding diaryl/α,β-unsaturated/α-hetero) is 1. The van der Waals surface area contributed by atoms with Gasteiger partial charge in [-0.2, -0.15) is 18.3 Å². The van der Waals surface area contributed by atoms with Gasteiger partial charge in [0.05, 0.1) is 5.02 Å². The molecular weight excluding hydrogens is 351 g/mol. The maximum atomic E-state index is 12.9. The summed E-state index contributed by atoms with van der Waals surface area (Å²) in [5.41, 5.74) is 3.11. The Labute approximate surface area is 138 Å². The lowest BCUT2D eigenvalue weighted by Crippen LogP contribution is -2.19. The van der Waals surface area contributed by atoms with E-state index in [0.717, 1.165) is 7.05 Å². The SMILES string of the molecule is Cn1nc(C(F)(F)F)c(C(=O)OCC(=O)c2ccccc2Cl)c1N. The molecule has 2 rings (SSSR count). The minimum atomic E-state index is -4.89. The Kier molecular flexibility index (Phi) is 4.83. The highest BCUT2D eigenvalue weighted by atomic mass is 35.5. The van der Waals surface area contributed by atoms with Crippen molar-refractivity contribution in [1.29, 1.82) is 0 Å². The van der Waals surface area contributed by atoms with Gasteiger partial charge in [0.1, 0.15) is 11.4 Å². The number of nitrogens with two attached hydrogens (primary N) is 1. The quantitative estimate of drug-likeness (QED) is 0.668. The van der Waals surface area contributed by atoms with Crippen LogP contribution in [0.2, 0.25) is 5.02 Å². The third-order valence-corrected chi connectivity index (χ3v) is 3.40. The molecule has 0 bridgehead atoms. The van der Waals surface area contributed by atoms with Crippen molar-refractivity contribution in [1.82, 2.24) is 9.78 Å². The van der Waals surface area contributed by atoms with Crippen molar-refractivity contribution in [3.63, 3.8) is 0 Å². The molecule has 0 aliphatic heterocycles. The predicted molar refractivity (Wildman–Crippen MR) is 78.7 cm³/mol. The molecule has 24 heavy (non-hydrogen) atoms. The molecule has 0 saturated carbocycles. The zero-order valence-corrected chi connectivity index (χ0v) is 13.0. The Morgan fingerprint density at radius 1 is 1.33 bits per heavy atom. The minimum Gasteiger partial charge on any atom is -0.454 e. The average molecular weight is 362 g/mol. The number of nitrogen functional groups attached to an aromatic ring is 1. The molecule has 0 saturated heterocycles. The van der Waals surface area contributed by atoms with E-state index in [1.54, 1.807) is 12.1 Å². The van der Waals surface area contributed by atoms with Gasteiger partial charge in [0.2, 0.25) is 5.78 Å². The highest BCUT2D eigenvalue weighted by molar-refractivity contribution is 6.34. The second-order valence-electron chi connectivity index (χ2n) is 4.71. The van der Waals surface area contributed by atoms with Gasteiger partial charge in [-0.1, -0.05) is 23.7 Å². The first-order valence-corrected chi connectivity index (χ1v) is 6.85. The number of aromatic nitrogens is 2. The van der Waals surface area contributed by atoms with Crippen molar-refractivity contribution < 1.29 is 27.5 Å². The molecule has 0 unspecified atom stereocenters. The zero-order chi connectivity index (χ0) is 18.1. The van der Waals surface area contributed by atoms with Crippen LogP contribution in [-0.4, -0.2) is 28.1 Å². The molecular formula is C14H11ClF3N3O3. The van der Waals surface area contributed by atoms with Crippen LogP contribution in [0.15, 0.2) is 24.3 Å². The summed E-state index contributed by atoms with van der Waals surface area (Å²) in [4.78, 5) is 23.9. The van der Waals surface area contributed by atoms with E-state index >= 15 is 0 Å². The summed E-state index contributed by atoms with van der Waals surface area (Å²) in [5.74, 6) is -2.57.